The van der Waals surface area contributed by atoms with E-state index in [1.165, 1.54) is 0 Å². The summed E-state index contributed by atoms with van der Waals surface area (Å²) < 4.78 is 4.92. The third-order valence-electron chi connectivity index (χ3n) is 1.65. The Kier molecular flexibility index (Phi) is 13.0. The molecule has 120 valence electrons. The van der Waals surface area contributed by atoms with E-state index in [1.807, 2.05) is 41.5 Å². The van der Waals surface area contributed by atoms with E-state index in [1.54, 1.807) is 6.92 Å². The molecule has 6 nitrogen and oxygen atoms in total. The fourth-order valence-electron chi connectivity index (χ4n) is 0.947. The van der Waals surface area contributed by atoms with Crippen LogP contribution in [0.3, 0.4) is 0 Å². The van der Waals surface area contributed by atoms with Gasteiger partial charge < -0.3 is 9.84 Å². The van der Waals surface area contributed by atoms with E-state index in [9.17, 15) is 5.11 Å². The Balaban J connectivity index is 0. The minimum Gasteiger partial charge on any atom is -0.613 e. The maximum Gasteiger partial charge on any atom is 1.00 e. The van der Waals surface area contributed by atoms with Gasteiger partial charge in [-0.3, -0.25) is 0 Å². The van der Waals surface area contributed by atoms with Gasteiger partial charge in [0.2, 0.25) is 0 Å². The number of hydrogen-bond donors (Lipinski definition) is 0. The first-order chi connectivity index (χ1) is 9.05. The molecule has 0 saturated carbocycles. The molecule has 0 aromatic carbocycles. The van der Waals surface area contributed by atoms with Crippen molar-refractivity contribution in [1.82, 2.24) is 0 Å². The molecule has 0 unspecified atom stereocenters. The van der Waals surface area contributed by atoms with Gasteiger partial charge in [0, 0.05) is 5.57 Å². The van der Waals surface area contributed by atoms with E-state index in [2.05, 4.69) is 0 Å². The van der Waals surface area contributed by atoms with Gasteiger partial charge in [0.15, 0.2) is 0 Å². The maximum absolute atomic E-state index is 11.7. The molecule has 0 aliphatic carbocycles. The van der Waals surface area contributed by atoms with E-state index < -0.39 is 17.1 Å². The second-order valence-electron chi connectivity index (χ2n) is 6.24. The fraction of sp³-hybridized carbons (Fsp3) is 0.857. The fourth-order valence-corrected chi connectivity index (χ4v) is 0.947. The van der Waals surface area contributed by atoms with Gasteiger partial charge in [0.25, 0.3) is 0 Å². The normalized spacial score (nSPS) is 11.8. The number of ether oxygens (including phenoxy) is 1. The first kappa shape index (κ1) is 24.1. The van der Waals surface area contributed by atoms with Gasteiger partial charge in [0.1, 0.15) is 13.2 Å². The molecule has 0 N–H and O–H groups in total. The number of rotatable bonds is 8. The molecule has 7 heteroatoms. The van der Waals surface area contributed by atoms with Gasteiger partial charge in [-0.15, -0.1) is 0 Å². The Morgan fingerprint density at radius 2 is 1.24 bits per heavy atom. The molecule has 0 aromatic rings. The predicted molar refractivity (Wildman–Crippen MR) is 72.2 cm³/mol. The molecular formula is C14H27KO6. The zero-order chi connectivity index (χ0) is 15.8. The van der Waals surface area contributed by atoms with Crippen LogP contribution in [-0.4, -0.2) is 31.0 Å². The van der Waals surface area contributed by atoms with Gasteiger partial charge in [-0.25, -0.2) is 19.6 Å². The van der Waals surface area contributed by atoms with Crippen LogP contribution in [0.4, 0.5) is 0 Å². The van der Waals surface area contributed by atoms with Crippen molar-refractivity contribution in [3.05, 3.63) is 11.5 Å². The maximum atomic E-state index is 11.7. The van der Waals surface area contributed by atoms with Crippen LogP contribution in [-0.2, 0) is 24.3 Å². The molecule has 0 rings (SSSR count). The Morgan fingerprint density at radius 1 is 0.857 bits per heavy atom. The monoisotopic (exact) mass is 330 g/mol. The van der Waals surface area contributed by atoms with Crippen LogP contribution in [0.25, 0.3) is 0 Å². The van der Waals surface area contributed by atoms with E-state index in [0.29, 0.717) is 5.57 Å². The van der Waals surface area contributed by atoms with Crippen molar-refractivity contribution in [2.45, 2.75) is 59.7 Å². The molecule has 0 saturated heterocycles. The molecular weight excluding hydrogens is 303 g/mol. The average Bonchev–Trinajstić information content (AvgIpc) is 2.24. The van der Waals surface area contributed by atoms with Crippen molar-refractivity contribution in [1.29, 1.82) is 0 Å². The topological polar surface area (TPSA) is 69.2 Å². The molecule has 0 aliphatic rings. The van der Waals surface area contributed by atoms with E-state index in [4.69, 9.17) is 24.3 Å². The third-order valence-corrected chi connectivity index (χ3v) is 1.65. The quantitative estimate of drug-likeness (QED) is 0.248. The Hall–Kier alpha value is 0.816. The smallest absolute Gasteiger partial charge is 0.613 e. The van der Waals surface area contributed by atoms with Crippen LogP contribution >= 0.6 is 0 Å². The Bertz CT molecular complexity index is 282. The standard InChI is InChI=1S/C14H28O6.K/c1-8-16-12(15)11(9-17-19-13(2,3)4)10-18-20-14(5,6)7;/h15H,8-10H2,1-7H3;/q;+1/p-1. The first-order valence-electron chi connectivity index (χ1n) is 6.68. The summed E-state index contributed by atoms with van der Waals surface area (Å²) in [6, 6.07) is 0. The van der Waals surface area contributed by atoms with Crippen LogP contribution in [0.5, 0.6) is 0 Å². The Labute approximate surface area is 170 Å². The second-order valence-corrected chi connectivity index (χ2v) is 6.24. The van der Waals surface area contributed by atoms with Crippen molar-refractivity contribution < 1.29 is 80.8 Å². The summed E-state index contributed by atoms with van der Waals surface area (Å²) in [6.45, 7) is 13.0. The molecule has 0 heterocycles. The SMILES string of the molecule is CCOC([O-])=C(COOC(C)(C)C)COOC(C)(C)C.[K+]. The first-order valence-corrected chi connectivity index (χ1v) is 6.68. The summed E-state index contributed by atoms with van der Waals surface area (Å²) in [6.07, 6.45) is 0. The summed E-state index contributed by atoms with van der Waals surface area (Å²) in [5, 5.41) is 11.7. The molecule has 0 spiro atoms. The van der Waals surface area contributed by atoms with Crippen LogP contribution in [0, 0.1) is 0 Å². The van der Waals surface area contributed by atoms with Crippen LogP contribution in [0.2, 0.25) is 0 Å². The summed E-state index contributed by atoms with van der Waals surface area (Å²) in [4.78, 5) is 20.3. The van der Waals surface area contributed by atoms with Crippen LogP contribution in [0.15, 0.2) is 11.5 Å². The molecule has 21 heavy (non-hydrogen) atoms. The van der Waals surface area contributed by atoms with E-state index >= 15 is 0 Å². The van der Waals surface area contributed by atoms with Gasteiger partial charge in [0.05, 0.1) is 17.1 Å². The number of hydrogen-bond acceptors (Lipinski definition) is 6. The van der Waals surface area contributed by atoms with Crippen molar-refractivity contribution >= 4 is 0 Å². The van der Waals surface area contributed by atoms with Crippen LogP contribution in [0.1, 0.15) is 48.5 Å². The zero-order valence-corrected chi connectivity index (χ0v) is 17.7. The van der Waals surface area contributed by atoms with E-state index in [-0.39, 0.29) is 71.2 Å². The second kappa shape index (κ2) is 11.4. The molecule has 0 fully saturated rings. The molecule has 0 atom stereocenters. The summed E-state index contributed by atoms with van der Waals surface area (Å²) in [7, 11) is 0. The summed E-state index contributed by atoms with van der Waals surface area (Å²) in [5.74, 6) is -0.484. The Morgan fingerprint density at radius 3 is 1.52 bits per heavy atom. The van der Waals surface area contributed by atoms with Gasteiger partial charge in [-0.2, -0.15) is 0 Å². The van der Waals surface area contributed by atoms with E-state index in [0.717, 1.165) is 0 Å². The van der Waals surface area contributed by atoms with Crippen molar-refractivity contribution in [3.8, 4) is 0 Å². The third kappa shape index (κ3) is 15.5. The van der Waals surface area contributed by atoms with Gasteiger partial charge in [-0.05, 0) is 48.1 Å². The van der Waals surface area contributed by atoms with Gasteiger partial charge >= 0.3 is 51.4 Å². The summed E-state index contributed by atoms with van der Waals surface area (Å²) >= 11 is 0. The van der Waals surface area contributed by atoms with Crippen molar-refractivity contribution in [2.75, 3.05) is 19.8 Å². The zero-order valence-electron chi connectivity index (χ0n) is 14.6. The predicted octanol–water partition coefficient (Wildman–Crippen LogP) is -0.908. The molecule has 0 radical (unpaired) electrons. The minimum absolute atomic E-state index is 0. The van der Waals surface area contributed by atoms with Crippen molar-refractivity contribution in [3.63, 3.8) is 0 Å². The average molecular weight is 330 g/mol. The van der Waals surface area contributed by atoms with Crippen molar-refractivity contribution in [2.24, 2.45) is 0 Å². The molecule has 0 bridgehead atoms. The molecule has 0 aromatic heterocycles. The largest absolute Gasteiger partial charge is 1.00 e. The molecule has 0 aliphatic heterocycles. The molecule has 0 amide bonds. The van der Waals surface area contributed by atoms with Crippen LogP contribution < -0.4 is 56.5 Å². The summed E-state index contributed by atoms with van der Waals surface area (Å²) in [5.41, 5.74) is -0.620. The minimum atomic E-state index is -0.484. The van der Waals surface area contributed by atoms with Gasteiger partial charge in [-0.1, -0.05) is 6.92 Å².